The van der Waals surface area contributed by atoms with Gasteiger partial charge in [0, 0.05) is 0 Å². The molecule has 0 saturated carbocycles. The van der Waals surface area contributed by atoms with E-state index < -0.39 is 0 Å². The summed E-state index contributed by atoms with van der Waals surface area (Å²) < 4.78 is 0. The maximum atomic E-state index is 2.28. The number of fused-ring (bicyclic) bond motifs is 1. The molecule has 0 aliphatic heterocycles. The summed E-state index contributed by atoms with van der Waals surface area (Å²) in [6.45, 7) is 12.8. The van der Waals surface area contributed by atoms with E-state index in [1.807, 2.05) is 13.8 Å². The van der Waals surface area contributed by atoms with Crippen LogP contribution in [0.3, 0.4) is 0 Å². The highest BCUT2D eigenvalue weighted by Gasteiger charge is 2.05. The average molecular weight is 248 g/mol. The van der Waals surface area contributed by atoms with Crippen LogP contribution >= 0.6 is 0 Å². The first-order chi connectivity index (χ1) is 8.47. The first kappa shape index (κ1) is 17.2. The number of aryl methyl sites for hydroxylation is 2. The smallest absolute Gasteiger partial charge is 0.0276 e. The molecule has 1 aliphatic rings. The highest BCUT2D eigenvalue weighted by molar-refractivity contribution is 5.27. The van der Waals surface area contributed by atoms with E-state index in [-0.39, 0.29) is 0 Å². The third-order valence-electron chi connectivity index (χ3n) is 2.51. The maximum absolute atomic E-state index is 2.28. The lowest BCUT2D eigenvalue weighted by molar-refractivity contribution is 0.469. The molecule has 0 heteroatoms. The third kappa shape index (κ3) is 9.27. The van der Waals surface area contributed by atoms with Crippen molar-refractivity contribution in [1.29, 1.82) is 0 Å². The summed E-state index contributed by atoms with van der Waals surface area (Å²) in [5.74, 6) is 0. The molecule has 18 heavy (non-hydrogen) atoms. The van der Waals surface area contributed by atoms with E-state index in [1.165, 1.54) is 32.1 Å². The van der Waals surface area contributed by atoms with E-state index in [2.05, 4.69) is 52.0 Å². The standard InChI is InChI=1S/C11H14.C5H12.C2H6/c1-2-6-10-8-4-5-9-11(10)7-3-1;1-5(2,3)4;1-2/h4-5,8-9H,1-3,6-7H2;1-4H3;1-2H3. The second-order valence-electron chi connectivity index (χ2n) is 6.33. The zero-order valence-corrected chi connectivity index (χ0v) is 13.3. The van der Waals surface area contributed by atoms with Crippen LogP contribution in [0.5, 0.6) is 0 Å². The molecule has 0 saturated heterocycles. The summed E-state index contributed by atoms with van der Waals surface area (Å²) in [7, 11) is 0. The predicted molar refractivity (Wildman–Crippen MR) is 84.2 cm³/mol. The molecular formula is C18H32. The molecule has 1 aromatic rings. The molecule has 1 aliphatic carbocycles. The lowest BCUT2D eigenvalue weighted by atomic mass is 10.0. The molecule has 0 amide bonds. The molecule has 1 aromatic carbocycles. The van der Waals surface area contributed by atoms with Gasteiger partial charge in [-0.2, -0.15) is 0 Å². The summed E-state index contributed by atoms with van der Waals surface area (Å²) in [4.78, 5) is 0. The fourth-order valence-corrected chi connectivity index (χ4v) is 1.85. The minimum absolute atomic E-state index is 0.500. The highest BCUT2D eigenvalue weighted by Crippen LogP contribution is 2.19. The molecule has 0 N–H and O–H groups in total. The van der Waals surface area contributed by atoms with Crippen LogP contribution in [0.25, 0.3) is 0 Å². The summed E-state index contributed by atoms with van der Waals surface area (Å²) in [6, 6.07) is 8.87. The van der Waals surface area contributed by atoms with Gasteiger partial charge < -0.3 is 0 Å². The molecule has 2 rings (SSSR count). The van der Waals surface area contributed by atoms with Crippen molar-refractivity contribution < 1.29 is 0 Å². The van der Waals surface area contributed by atoms with Crippen LogP contribution in [-0.2, 0) is 12.8 Å². The first-order valence-electron chi connectivity index (χ1n) is 7.53. The Labute approximate surface area is 115 Å². The van der Waals surface area contributed by atoms with E-state index in [9.17, 15) is 0 Å². The van der Waals surface area contributed by atoms with Crippen molar-refractivity contribution in [1.82, 2.24) is 0 Å². The topological polar surface area (TPSA) is 0 Å². The van der Waals surface area contributed by atoms with Crippen molar-refractivity contribution >= 4 is 0 Å². The van der Waals surface area contributed by atoms with Gasteiger partial charge in [0.15, 0.2) is 0 Å². The van der Waals surface area contributed by atoms with Crippen LogP contribution in [-0.4, -0.2) is 0 Å². The van der Waals surface area contributed by atoms with Crippen LogP contribution in [0.15, 0.2) is 24.3 Å². The third-order valence-corrected chi connectivity index (χ3v) is 2.51. The van der Waals surface area contributed by atoms with Gasteiger partial charge in [0.25, 0.3) is 0 Å². The zero-order chi connectivity index (χ0) is 14.0. The molecule has 0 heterocycles. The monoisotopic (exact) mass is 248 g/mol. The van der Waals surface area contributed by atoms with Gasteiger partial charge in [0.2, 0.25) is 0 Å². The van der Waals surface area contributed by atoms with E-state index in [1.54, 1.807) is 11.1 Å². The van der Waals surface area contributed by atoms with Crippen LogP contribution in [0.2, 0.25) is 0 Å². The lowest BCUT2D eigenvalue weighted by Gasteiger charge is -2.05. The van der Waals surface area contributed by atoms with Gasteiger partial charge in [0.05, 0.1) is 0 Å². The van der Waals surface area contributed by atoms with Crippen LogP contribution in [0, 0.1) is 5.41 Å². The minimum Gasteiger partial charge on any atom is -0.0683 e. The van der Waals surface area contributed by atoms with Gasteiger partial charge in [-0.3, -0.25) is 0 Å². The van der Waals surface area contributed by atoms with Gasteiger partial charge in [0.1, 0.15) is 0 Å². The maximum Gasteiger partial charge on any atom is -0.0276 e. The zero-order valence-electron chi connectivity index (χ0n) is 13.3. The molecule has 0 bridgehead atoms. The Morgan fingerprint density at radius 2 is 1.06 bits per heavy atom. The van der Waals surface area contributed by atoms with Crippen LogP contribution in [0.1, 0.15) is 71.9 Å². The van der Waals surface area contributed by atoms with Crippen molar-refractivity contribution in [3.05, 3.63) is 35.4 Å². The number of benzene rings is 1. The van der Waals surface area contributed by atoms with E-state index >= 15 is 0 Å². The van der Waals surface area contributed by atoms with Crippen molar-refractivity contribution in [3.63, 3.8) is 0 Å². The summed E-state index contributed by atoms with van der Waals surface area (Å²) >= 11 is 0. The largest absolute Gasteiger partial charge is 0.0683 e. The van der Waals surface area contributed by atoms with Gasteiger partial charge in [-0.05, 0) is 42.2 Å². The van der Waals surface area contributed by atoms with Crippen LogP contribution < -0.4 is 0 Å². The first-order valence-corrected chi connectivity index (χ1v) is 7.53. The second kappa shape index (κ2) is 9.19. The van der Waals surface area contributed by atoms with Gasteiger partial charge in [-0.1, -0.05) is 72.2 Å². The number of hydrogen-bond donors (Lipinski definition) is 0. The highest BCUT2D eigenvalue weighted by atomic mass is 14.1. The van der Waals surface area contributed by atoms with Crippen molar-refractivity contribution in [2.24, 2.45) is 5.41 Å². The Hall–Kier alpha value is -0.780. The summed E-state index contributed by atoms with van der Waals surface area (Å²) in [5.41, 5.74) is 3.68. The molecule has 0 nitrogen and oxygen atoms in total. The summed E-state index contributed by atoms with van der Waals surface area (Å²) in [5, 5.41) is 0. The number of rotatable bonds is 0. The Morgan fingerprint density at radius 3 is 1.39 bits per heavy atom. The second-order valence-corrected chi connectivity index (χ2v) is 6.33. The van der Waals surface area contributed by atoms with E-state index in [4.69, 9.17) is 0 Å². The van der Waals surface area contributed by atoms with Crippen molar-refractivity contribution in [2.75, 3.05) is 0 Å². The minimum atomic E-state index is 0.500. The molecule has 0 aromatic heterocycles. The molecule has 104 valence electrons. The fraction of sp³-hybridized carbons (Fsp3) is 0.667. The Bertz CT molecular complexity index is 273. The summed E-state index contributed by atoms with van der Waals surface area (Å²) in [6.07, 6.45) is 6.79. The van der Waals surface area contributed by atoms with Crippen LogP contribution in [0.4, 0.5) is 0 Å². The SMILES string of the molecule is CC.CC(C)(C)C.c1ccc2c(c1)CCCCC2. The van der Waals surface area contributed by atoms with Crippen molar-refractivity contribution in [3.8, 4) is 0 Å². The Morgan fingerprint density at radius 1 is 0.722 bits per heavy atom. The Kier molecular flexibility index (Phi) is 8.79. The molecule has 0 atom stereocenters. The molecule has 0 spiro atoms. The van der Waals surface area contributed by atoms with Gasteiger partial charge in [-0.25, -0.2) is 0 Å². The number of hydrogen-bond acceptors (Lipinski definition) is 0. The molecule has 0 radical (unpaired) electrons. The van der Waals surface area contributed by atoms with Crippen molar-refractivity contribution in [2.45, 2.75) is 73.6 Å². The normalized spacial score (nSPS) is 14.1. The Balaban J connectivity index is 0.000000354. The lowest BCUT2D eigenvalue weighted by Crippen LogP contribution is -1.93. The quantitative estimate of drug-likeness (QED) is 0.491. The molecule has 0 unspecified atom stereocenters. The molecular weight excluding hydrogens is 216 g/mol. The average Bonchev–Trinajstić information content (AvgIpc) is 2.54. The predicted octanol–water partition coefficient (Wildman–Crippen LogP) is 6.03. The van der Waals surface area contributed by atoms with Gasteiger partial charge in [-0.15, -0.1) is 0 Å². The molecule has 0 fully saturated rings. The van der Waals surface area contributed by atoms with E-state index in [0.29, 0.717) is 5.41 Å². The van der Waals surface area contributed by atoms with E-state index in [0.717, 1.165) is 0 Å². The van der Waals surface area contributed by atoms with Gasteiger partial charge >= 0.3 is 0 Å². The fourth-order valence-electron chi connectivity index (χ4n) is 1.85.